The summed E-state index contributed by atoms with van der Waals surface area (Å²) in [7, 11) is 1.58. The largest absolute Gasteiger partial charge is 0.357 e. The molecule has 9 nitrogen and oxygen atoms in total. The first-order valence-electron chi connectivity index (χ1n) is 10.1. The molecule has 0 radical (unpaired) electrons. The van der Waals surface area contributed by atoms with Gasteiger partial charge in [-0.05, 0) is 38.0 Å². The third-order valence-electron chi connectivity index (χ3n) is 5.54. The molecule has 1 aromatic carbocycles. The molecule has 1 unspecified atom stereocenters. The summed E-state index contributed by atoms with van der Waals surface area (Å²) < 4.78 is 1.78. The smallest absolute Gasteiger partial charge is 0.243 e. The molecule has 1 aliphatic heterocycles. The molecule has 1 saturated heterocycles. The summed E-state index contributed by atoms with van der Waals surface area (Å²) in [5.41, 5.74) is 2.84. The van der Waals surface area contributed by atoms with Crippen molar-refractivity contribution in [2.45, 2.75) is 32.4 Å². The molecule has 2 aromatic heterocycles. The maximum absolute atomic E-state index is 13.0. The van der Waals surface area contributed by atoms with Crippen LogP contribution < -0.4 is 10.6 Å². The van der Waals surface area contributed by atoms with Crippen molar-refractivity contribution in [1.82, 2.24) is 24.8 Å². The Morgan fingerprint density at radius 2 is 1.94 bits per heavy atom. The van der Waals surface area contributed by atoms with Crippen molar-refractivity contribution in [1.29, 1.82) is 0 Å². The summed E-state index contributed by atoms with van der Waals surface area (Å²) in [5, 5.41) is 6.60. The van der Waals surface area contributed by atoms with Gasteiger partial charge in [0.15, 0.2) is 5.78 Å². The molecular formula is C22H24N6O3. The van der Waals surface area contributed by atoms with E-state index in [1.807, 2.05) is 18.2 Å². The van der Waals surface area contributed by atoms with Crippen molar-refractivity contribution in [3.05, 3.63) is 48.7 Å². The van der Waals surface area contributed by atoms with Gasteiger partial charge in [-0.3, -0.25) is 14.4 Å². The number of nitrogens with one attached hydrogen (secondary N) is 2. The zero-order valence-corrected chi connectivity index (χ0v) is 17.5. The SMILES string of the molecule is CNC(=O)C1CCCN1C(=O)Cn1cc(C(C)=O)c2cc(Nc3cncnc3)ccc21. The van der Waals surface area contributed by atoms with Crippen molar-refractivity contribution in [3.8, 4) is 0 Å². The topological polar surface area (TPSA) is 109 Å². The van der Waals surface area contributed by atoms with Crippen LogP contribution in [0.4, 0.5) is 11.4 Å². The quantitative estimate of drug-likeness (QED) is 0.591. The van der Waals surface area contributed by atoms with Crippen LogP contribution >= 0.6 is 0 Å². The van der Waals surface area contributed by atoms with Crippen LogP contribution in [0.15, 0.2) is 43.1 Å². The van der Waals surface area contributed by atoms with E-state index in [9.17, 15) is 14.4 Å². The number of likely N-dealkylation sites (tertiary alicyclic amines) is 1. The van der Waals surface area contributed by atoms with Gasteiger partial charge in [-0.1, -0.05) is 0 Å². The van der Waals surface area contributed by atoms with Gasteiger partial charge in [0.05, 0.1) is 18.1 Å². The van der Waals surface area contributed by atoms with E-state index in [0.29, 0.717) is 18.5 Å². The van der Waals surface area contributed by atoms with Crippen molar-refractivity contribution >= 4 is 39.9 Å². The number of fused-ring (bicyclic) bond motifs is 1. The van der Waals surface area contributed by atoms with Crippen molar-refractivity contribution in [2.75, 3.05) is 18.9 Å². The van der Waals surface area contributed by atoms with Gasteiger partial charge in [0.25, 0.3) is 0 Å². The normalized spacial score (nSPS) is 15.8. The van der Waals surface area contributed by atoms with Gasteiger partial charge in [-0.2, -0.15) is 0 Å². The summed E-state index contributed by atoms with van der Waals surface area (Å²) in [5.74, 6) is -0.365. The molecule has 0 saturated carbocycles. The molecule has 31 heavy (non-hydrogen) atoms. The molecule has 0 aliphatic carbocycles. The lowest BCUT2D eigenvalue weighted by Gasteiger charge is -2.23. The van der Waals surface area contributed by atoms with E-state index in [1.54, 1.807) is 35.1 Å². The fraction of sp³-hybridized carbons (Fsp3) is 0.318. The molecule has 1 aliphatic rings. The fourth-order valence-corrected chi connectivity index (χ4v) is 4.06. The van der Waals surface area contributed by atoms with E-state index in [-0.39, 0.29) is 24.1 Å². The van der Waals surface area contributed by atoms with Gasteiger partial charge < -0.3 is 20.1 Å². The van der Waals surface area contributed by atoms with E-state index < -0.39 is 6.04 Å². The average molecular weight is 420 g/mol. The minimum atomic E-state index is -0.435. The number of likely N-dealkylation sites (N-methyl/N-ethyl adjacent to an activating group) is 1. The summed E-state index contributed by atoms with van der Waals surface area (Å²) in [6, 6.07) is 5.20. The average Bonchev–Trinajstić information content (AvgIpc) is 3.39. The van der Waals surface area contributed by atoms with Gasteiger partial charge in [0, 0.05) is 41.9 Å². The third kappa shape index (κ3) is 4.11. The van der Waals surface area contributed by atoms with Crippen molar-refractivity contribution in [2.24, 2.45) is 0 Å². The monoisotopic (exact) mass is 420 g/mol. The van der Waals surface area contributed by atoms with Crippen LogP contribution in [0.25, 0.3) is 10.9 Å². The van der Waals surface area contributed by atoms with E-state index in [1.165, 1.54) is 13.3 Å². The minimum Gasteiger partial charge on any atom is -0.357 e. The lowest BCUT2D eigenvalue weighted by atomic mass is 10.1. The number of anilines is 2. The molecule has 3 heterocycles. The molecule has 4 rings (SSSR count). The van der Waals surface area contributed by atoms with Crippen LogP contribution in [0, 0.1) is 0 Å². The number of carbonyl (C=O) groups is 3. The zero-order valence-electron chi connectivity index (χ0n) is 17.5. The molecule has 9 heteroatoms. The Bertz CT molecular complexity index is 1140. The molecular weight excluding hydrogens is 396 g/mol. The number of benzene rings is 1. The van der Waals surface area contributed by atoms with Crippen LogP contribution in [0.2, 0.25) is 0 Å². The number of hydrogen-bond acceptors (Lipinski definition) is 6. The predicted molar refractivity (Wildman–Crippen MR) is 116 cm³/mol. The van der Waals surface area contributed by atoms with Gasteiger partial charge in [0.2, 0.25) is 11.8 Å². The van der Waals surface area contributed by atoms with Gasteiger partial charge in [0.1, 0.15) is 18.9 Å². The number of Topliss-reactive ketones (excluding diaryl/α,β-unsaturated/α-hetero) is 1. The fourth-order valence-electron chi connectivity index (χ4n) is 4.06. The molecule has 160 valence electrons. The molecule has 1 fully saturated rings. The highest BCUT2D eigenvalue weighted by Gasteiger charge is 2.33. The maximum atomic E-state index is 13.0. The first kappa shape index (κ1) is 20.5. The molecule has 0 spiro atoms. The third-order valence-corrected chi connectivity index (χ3v) is 5.54. The summed E-state index contributed by atoms with van der Waals surface area (Å²) in [6.07, 6.45) is 7.94. The number of nitrogens with zero attached hydrogens (tertiary/aromatic N) is 4. The van der Waals surface area contributed by atoms with Crippen LogP contribution in [0.5, 0.6) is 0 Å². The molecule has 3 aromatic rings. The number of hydrogen-bond donors (Lipinski definition) is 2. The number of carbonyl (C=O) groups excluding carboxylic acids is 3. The van der Waals surface area contributed by atoms with Crippen molar-refractivity contribution < 1.29 is 14.4 Å². The highest BCUT2D eigenvalue weighted by atomic mass is 16.2. The Balaban J connectivity index is 1.63. The molecule has 2 amide bonds. The molecule has 2 N–H and O–H groups in total. The highest BCUT2D eigenvalue weighted by molar-refractivity contribution is 6.08. The van der Waals surface area contributed by atoms with Crippen LogP contribution in [0.3, 0.4) is 0 Å². The number of aromatic nitrogens is 3. The second kappa shape index (κ2) is 8.55. The summed E-state index contributed by atoms with van der Waals surface area (Å²) in [4.78, 5) is 47.0. The summed E-state index contributed by atoms with van der Waals surface area (Å²) in [6.45, 7) is 2.13. The molecule has 0 bridgehead atoms. The Labute approximate surface area is 179 Å². The maximum Gasteiger partial charge on any atom is 0.243 e. The Kier molecular flexibility index (Phi) is 5.66. The van der Waals surface area contributed by atoms with E-state index >= 15 is 0 Å². The van der Waals surface area contributed by atoms with Crippen LogP contribution in [0.1, 0.15) is 30.1 Å². The number of ketones is 1. The van der Waals surface area contributed by atoms with Crippen molar-refractivity contribution in [3.63, 3.8) is 0 Å². The Hall–Kier alpha value is -3.75. The number of rotatable bonds is 6. The first-order chi connectivity index (χ1) is 15.0. The Morgan fingerprint density at radius 1 is 1.16 bits per heavy atom. The Morgan fingerprint density at radius 3 is 2.65 bits per heavy atom. The minimum absolute atomic E-state index is 0.0660. The number of amides is 2. The van der Waals surface area contributed by atoms with Crippen LogP contribution in [-0.2, 0) is 16.1 Å². The second-order valence-electron chi connectivity index (χ2n) is 7.57. The van der Waals surface area contributed by atoms with Gasteiger partial charge in [-0.15, -0.1) is 0 Å². The first-order valence-corrected chi connectivity index (χ1v) is 10.1. The van der Waals surface area contributed by atoms with E-state index in [4.69, 9.17) is 0 Å². The second-order valence-corrected chi connectivity index (χ2v) is 7.57. The van der Waals surface area contributed by atoms with Gasteiger partial charge >= 0.3 is 0 Å². The lowest BCUT2D eigenvalue weighted by Crippen LogP contribution is -2.45. The molecule has 1 atom stereocenters. The summed E-state index contributed by atoms with van der Waals surface area (Å²) >= 11 is 0. The van der Waals surface area contributed by atoms with E-state index in [0.717, 1.165) is 28.7 Å². The standard InChI is InChI=1S/C22H24N6O3/c1-14(29)18-11-27(12-21(30)28-7-3-4-20(28)22(31)23-2)19-6-5-15(8-17(18)19)26-16-9-24-13-25-10-16/h5-6,8-11,13,20,26H,3-4,7,12H2,1-2H3,(H,23,31). The zero-order chi connectivity index (χ0) is 22.0. The van der Waals surface area contributed by atoms with Gasteiger partial charge in [-0.25, -0.2) is 9.97 Å². The highest BCUT2D eigenvalue weighted by Crippen LogP contribution is 2.28. The lowest BCUT2D eigenvalue weighted by molar-refractivity contribution is -0.138. The predicted octanol–water partition coefficient (Wildman–Crippen LogP) is 2.11. The van der Waals surface area contributed by atoms with Crippen LogP contribution in [-0.4, -0.2) is 56.7 Å². The van der Waals surface area contributed by atoms with E-state index in [2.05, 4.69) is 20.6 Å².